The van der Waals surface area contributed by atoms with Crippen molar-refractivity contribution in [2.75, 3.05) is 33.3 Å². The van der Waals surface area contributed by atoms with Crippen LogP contribution in [-0.4, -0.2) is 114 Å². The molecule has 17 heteroatoms. The molecule has 6 N–H and O–H groups in total. The van der Waals surface area contributed by atoms with Crippen LogP contribution in [0.2, 0.25) is 0 Å². The maximum absolute atomic E-state index is 14.0. The number of aryl methyl sites for hydroxylation is 1. The number of aliphatic hydroxyl groups is 1. The molecule has 5 aliphatic heterocycles. The third-order valence-corrected chi connectivity index (χ3v) is 12.9. The van der Waals surface area contributed by atoms with Gasteiger partial charge in [-0.1, -0.05) is 19.9 Å². The molecule has 3 unspecified atom stereocenters. The predicted octanol–water partition coefficient (Wildman–Crippen LogP) is 1.63. The Bertz CT molecular complexity index is 1940. The van der Waals surface area contributed by atoms with Gasteiger partial charge in [0.1, 0.15) is 30.7 Å². The first kappa shape index (κ1) is 39.0. The van der Waals surface area contributed by atoms with Gasteiger partial charge >= 0.3 is 11.9 Å². The van der Waals surface area contributed by atoms with Crippen LogP contribution < -0.4 is 35.3 Å². The monoisotopic (exact) mass is 783 g/mol. The number of benzene rings is 2. The van der Waals surface area contributed by atoms with E-state index in [1.807, 2.05) is 24.9 Å². The molecule has 7 rings (SSSR count). The first-order valence-corrected chi connectivity index (χ1v) is 19.5. The number of piperazine rings is 1. The lowest BCUT2D eigenvalue weighted by molar-refractivity contribution is -0.184. The van der Waals surface area contributed by atoms with Crippen LogP contribution in [0, 0.1) is 19.8 Å². The Hall–Kier alpha value is -4.29. The van der Waals surface area contributed by atoms with Crippen LogP contribution in [0.1, 0.15) is 78.4 Å². The van der Waals surface area contributed by atoms with Crippen molar-refractivity contribution >= 4 is 35.5 Å². The number of thioether (sulfide) groups is 1. The molecule has 2 saturated heterocycles. The fourth-order valence-electron chi connectivity index (χ4n) is 8.96. The van der Waals surface area contributed by atoms with Crippen molar-refractivity contribution < 1.29 is 53.1 Å². The van der Waals surface area contributed by atoms with Crippen molar-refractivity contribution in [3.63, 3.8) is 0 Å². The van der Waals surface area contributed by atoms with E-state index in [2.05, 4.69) is 15.5 Å². The largest absolute Gasteiger partial charge is 0.504 e. The Morgan fingerprint density at radius 1 is 1.05 bits per heavy atom. The number of hydrogen-bond donors (Lipinski definition) is 5. The Morgan fingerprint density at radius 2 is 1.76 bits per heavy atom. The zero-order valence-electron chi connectivity index (χ0n) is 32.1. The summed E-state index contributed by atoms with van der Waals surface area (Å²) in [6, 6.07) is -3.48. The molecule has 4 bridgehead atoms. The predicted molar refractivity (Wildman–Crippen MR) is 199 cm³/mol. The molecule has 9 atom stereocenters. The Morgan fingerprint density at radius 3 is 2.42 bits per heavy atom. The standard InChI is InChI=1S/C38H49N5O11S/c1-14(2)26(41-35(46)17(5)39)36(47)40-20-12-55-34-25-24(33-32(52-13-53-33)16(4)31(25)54-18(6)44)22(11-51-38(20)49)43-28(34)27-23-19(10-21(37(43)48)42(27)7)9-15(3)30(50-8)29(23)45/h9,14,17,20-22,26-28,34,37,45,48H,10-13,39H2,1-8H3,(H,40,47)(H,41,46)/t17?,20-,21+,22+,26?,27+,28?,34+,37-/m0/s1. The zero-order valence-corrected chi connectivity index (χ0v) is 32.9. The Balaban J connectivity index is 1.41. The zero-order chi connectivity index (χ0) is 39.8. The van der Waals surface area contributed by atoms with Crippen LogP contribution >= 0.6 is 11.8 Å². The quantitative estimate of drug-likeness (QED) is 0.200. The van der Waals surface area contributed by atoms with Crippen molar-refractivity contribution in [1.82, 2.24) is 20.4 Å². The van der Waals surface area contributed by atoms with Crippen LogP contribution in [0.15, 0.2) is 6.07 Å². The fraction of sp³-hybridized carbons (Fsp3) is 0.579. The summed E-state index contributed by atoms with van der Waals surface area (Å²) in [6.07, 6.45) is -0.673. The van der Waals surface area contributed by atoms with Crippen molar-refractivity contribution in [3.05, 3.63) is 39.4 Å². The number of likely N-dealkylation sites (N-methyl/N-ethyl adjacent to an activating group) is 1. The third-order valence-electron chi connectivity index (χ3n) is 11.5. The van der Waals surface area contributed by atoms with E-state index in [1.165, 1.54) is 32.7 Å². The molecule has 0 spiro atoms. The van der Waals surface area contributed by atoms with Crippen molar-refractivity contribution in [1.29, 1.82) is 0 Å². The van der Waals surface area contributed by atoms with Gasteiger partial charge in [0, 0.05) is 41.0 Å². The molecule has 5 heterocycles. The molecule has 2 aromatic rings. The number of amides is 2. The number of nitrogens with one attached hydrogen (secondary N) is 2. The summed E-state index contributed by atoms with van der Waals surface area (Å²) < 4.78 is 29.8. The number of carbonyl (C=O) groups is 4. The highest BCUT2D eigenvalue weighted by molar-refractivity contribution is 7.99. The van der Waals surface area contributed by atoms with Crippen molar-refractivity contribution in [2.24, 2.45) is 11.7 Å². The second-order valence-corrected chi connectivity index (χ2v) is 16.5. The van der Waals surface area contributed by atoms with Gasteiger partial charge in [-0.3, -0.25) is 24.2 Å². The number of nitrogens with zero attached hydrogens (tertiary/aromatic N) is 2. The van der Waals surface area contributed by atoms with E-state index in [9.17, 15) is 29.4 Å². The van der Waals surface area contributed by atoms with Crippen LogP contribution in [0.3, 0.4) is 0 Å². The number of aromatic hydroxyl groups is 1. The van der Waals surface area contributed by atoms with Gasteiger partial charge in [-0.25, -0.2) is 4.79 Å². The molecule has 0 aromatic heterocycles. The summed E-state index contributed by atoms with van der Waals surface area (Å²) in [4.78, 5) is 57.1. The van der Waals surface area contributed by atoms with Crippen LogP contribution in [0.25, 0.3) is 0 Å². The molecule has 2 aromatic carbocycles. The first-order valence-electron chi connectivity index (χ1n) is 18.4. The van der Waals surface area contributed by atoms with E-state index in [4.69, 9.17) is 29.4 Å². The van der Waals surface area contributed by atoms with Crippen molar-refractivity contribution in [3.8, 4) is 28.7 Å². The van der Waals surface area contributed by atoms with Gasteiger partial charge in [-0.15, -0.1) is 11.8 Å². The van der Waals surface area contributed by atoms with E-state index < -0.39 is 77.5 Å². The van der Waals surface area contributed by atoms with Gasteiger partial charge in [-0.2, -0.15) is 0 Å². The lowest BCUT2D eigenvalue weighted by Crippen LogP contribution is -2.69. The molecule has 0 saturated carbocycles. The summed E-state index contributed by atoms with van der Waals surface area (Å²) in [6.45, 7) is 9.62. The van der Waals surface area contributed by atoms with Crippen LogP contribution in [0.4, 0.5) is 0 Å². The molecular weight excluding hydrogens is 735 g/mol. The number of methoxy groups -OCH3 is 1. The number of phenolic OH excluding ortho intramolecular Hbond substituents is 1. The molecule has 0 radical (unpaired) electrons. The maximum Gasteiger partial charge on any atom is 0.329 e. The van der Waals surface area contributed by atoms with Gasteiger partial charge in [-0.05, 0) is 51.3 Å². The second-order valence-electron chi connectivity index (χ2n) is 15.3. The fourth-order valence-corrected chi connectivity index (χ4v) is 10.5. The van der Waals surface area contributed by atoms with Crippen LogP contribution in [0.5, 0.6) is 28.7 Å². The van der Waals surface area contributed by atoms with E-state index in [1.54, 1.807) is 20.8 Å². The highest BCUT2D eigenvalue weighted by atomic mass is 32.2. The highest BCUT2D eigenvalue weighted by Crippen LogP contribution is 2.63. The molecule has 2 amide bonds. The molecule has 16 nitrogen and oxygen atoms in total. The minimum absolute atomic E-state index is 0.00505. The number of esters is 2. The van der Waals surface area contributed by atoms with E-state index in [0.29, 0.717) is 45.9 Å². The van der Waals surface area contributed by atoms with Crippen molar-refractivity contribution in [2.45, 2.75) is 102 Å². The molecule has 2 fully saturated rings. The topological polar surface area (TPSA) is 211 Å². The summed E-state index contributed by atoms with van der Waals surface area (Å²) in [5.41, 5.74) is 9.74. The first-order chi connectivity index (χ1) is 26.1. The number of fused-ring (bicyclic) bond motifs is 9. The lowest BCUT2D eigenvalue weighted by Gasteiger charge is -2.62. The van der Waals surface area contributed by atoms with E-state index in [-0.39, 0.29) is 36.6 Å². The lowest BCUT2D eigenvalue weighted by atomic mass is 9.73. The number of ether oxygens (including phenoxy) is 5. The van der Waals surface area contributed by atoms with Gasteiger partial charge in [0.25, 0.3) is 0 Å². The normalized spacial score (nSPS) is 27.9. The van der Waals surface area contributed by atoms with Gasteiger partial charge in [0.2, 0.25) is 18.6 Å². The summed E-state index contributed by atoms with van der Waals surface area (Å²) in [5.74, 6) is -1.34. The SMILES string of the molecule is COc1c(C)cc2c(c1O)[C@@H]1C3[C@@H]4SC[C@H](NC(=O)C(NC(=O)C(C)N)C(C)C)C(=O)OC[C@H](c5c6c(c(C)c(OC(C)=O)c54)OCO6)N3[C@@H](O)[C@@H](C2)N1C. The summed E-state index contributed by atoms with van der Waals surface area (Å²) >= 11 is 1.31. The highest BCUT2D eigenvalue weighted by Gasteiger charge is 2.60. The third kappa shape index (κ3) is 6.33. The van der Waals surface area contributed by atoms with Gasteiger partial charge in [0.15, 0.2) is 23.0 Å². The average Bonchev–Trinajstić information content (AvgIpc) is 3.61. The number of phenols is 1. The van der Waals surface area contributed by atoms with E-state index in [0.717, 1.165) is 11.1 Å². The summed E-state index contributed by atoms with van der Waals surface area (Å²) in [7, 11) is 3.41. The Kier molecular flexibility index (Phi) is 10.4. The van der Waals surface area contributed by atoms with Gasteiger partial charge < -0.3 is 50.3 Å². The number of nitrogens with two attached hydrogens (primary N) is 1. The molecule has 298 valence electrons. The Labute approximate surface area is 323 Å². The smallest absolute Gasteiger partial charge is 0.329 e. The molecular formula is C38H49N5O11S. The van der Waals surface area contributed by atoms with E-state index >= 15 is 0 Å². The summed E-state index contributed by atoms with van der Waals surface area (Å²) in [5, 5.41) is 29.2. The minimum atomic E-state index is -1.16. The second kappa shape index (κ2) is 14.7. The number of rotatable bonds is 7. The maximum atomic E-state index is 14.0. The van der Waals surface area contributed by atoms with Gasteiger partial charge in [0.05, 0.1) is 36.5 Å². The average molecular weight is 784 g/mol. The van der Waals surface area contributed by atoms with Crippen LogP contribution in [-0.2, 0) is 30.3 Å². The molecule has 0 aliphatic carbocycles. The number of aliphatic hydroxyl groups excluding tert-OH is 1. The molecule has 5 aliphatic rings. The molecule has 55 heavy (non-hydrogen) atoms. The number of hydrogen-bond acceptors (Lipinski definition) is 15. The minimum Gasteiger partial charge on any atom is -0.504 e. The number of carbonyl (C=O) groups excluding carboxylic acids is 4. The number of cyclic esters (lactones) is 1.